The molecule has 30 heavy (non-hydrogen) atoms. The van der Waals surface area contributed by atoms with Gasteiger partial charge in [0.25, 0.3) is 5.56 Å². The van der Waals surface area contributed by atoms with E-state index in [4.69, 9.17) is 0 Å². The van der Waals surface area contributed by atoms with Crippen LogP contribution in [0.1, 0.15) is 30.2 Å². The standard InChI is InChI=1S/C21H22N6OS2/c1-3-13-8-9-17-14(10-13)11-18(30-17)19-23-24-21(26(19)2)29-12-27-20(28)15-6-4-5-7-16(15)22-25-27/h4-7,11,13H,3,8-10,12H2,1-2H3/t13-/m1/s1. The number of hydrogen-bond donors (Lipinski definition) is 0. The largest absolute Gasteiger partial charge is 0.304 e. The minimum atomic E-state index is -0.146. The molecule has 0 radical (unpaired) electrons. The van der Waals surface area contributed by atoms with E-state index in [0.717, 1.165) is 16.9 Å². The van der Waals surface area contributed by atoms with Crippen LogP contribution in [0, 0.1) is 5.92 Å². The monoisotopic (exact) mass is 438 g/mol. The molecule has 5 rings (SSSR count). The van der Waals surface area contributed by atoms with Crippen molar-refractivity contribution in [3.63, 3.8) is 0 Å². The number of thioether (sulfide) groups is 1. The molecule has 154 valence electrons. The fraction of sp³-hybridized carbons (Fsp3) is 0.381. The number of nitrogens with zero attached hydrogens (tertiary/aromatic N) is 6. The van der Waals surface area contributed by atoms with E-state index in [1.807, 2.05) is 35.1 Å². The van der Waals surface area contributed by atoms with Crippen LogP contribution in [0.4, 0.5) is 0 Å². The van der Waals surface area contributed by atoms with Gasteiger partial charge in [0.2, 0.25) is 0 Å². The van der Waals surface area contributed by atoms with Crippen molar-refractivity contribution in [2.45, 2.75) is 43.6 Å². The van der Waals surface area contributed by atoms with Crippen LogP contribution in [-0.4, -0.2) is 29.8 Å². The molecular formula is C21H22N6OS2. The Bertz CT molecular complexity index is 1270. The number of aryl methyl sites for hydroxylation is 1. The summed E-state index contributed by atoms with van der Waals surface area (Å²) < 4.78 is 3.37. The Balaban J connectivity index is 1.37. The molecule has 0 spiro atoms. The van der Waals surface area contributed by atoms with Crippen molar-refractivity contribution in [1.82, 2.24) is 29.8 Å². The van der Waals surface area contributed by atoms with Crippen molar-refractivity contribution in [2.75, 3.05) is 0 Å². The van der Waals surface area contributed by atoms with Crippen LogP contribution in [-0.2, 0) is 25.8 Å². The van der Waals surface area contributed by atoms with E-state index in [1.165, 1.54) is 57.4 Å². The van der Waals surface area contributed by atoms with E-state index in [-0.39, 0.29) is 5.56 Å². The molecule has 1 aliphatic carbocycles. The van der Waals surface area contributed by atoms with Crippen molar-refractivity contribution in [1.29, 1.82) is 0 Å². The maximum atomic E-state index is 12.6. The Morgan fingerprint density at radius 2 is 2.10 bits per heavy atom. The highest BCUT2D eigenvalue weighted by molar-refractivity contribution is 7.98. The highest BCUT2D eigenvalue weighted by atomic mass is 32.2. The Morgan fingerprint density at radius 3 is 2.97 bits per heavy atom. The smallest absolute Gasteiger partial charge is 0.278 e. The fourth-order valence-corrected chi connectivity index (χ4v) is 5.95. The summed E-state index contributed by atoms with van der Waals surface area (Å²) in [5.74, 6) is 2.01. The minimum Gasteiger partial charge on any atom is -0.304 e. The molecule has 0 saturated heterocycles. The Labute approximate surface area is 182 Å². The highest BCUT2D eigenvalue weighted by Gasteiger charge is 2.22. The van der Waals surface area contributed by atoms with Crippen LogP contribution in [0.5, 0.6) is 0 Å². The lowest BCUT2D eigenvalue weighted by Gasteiger charge is -2.19. The summed E-state index contributed by atoms with van der Waals surface area (Å²) in [7, 11) is 1.97. The minimum absolute atomic E-state index is 0.146. The van der Waals surface area contributed by atoms with Crippen LogP contribution in [0.2, 0.25) is 0 Å². The molecule has 9 heteroatoms. The van der Waals surface area contributed by atoms with Gasteiger partial charge in [0.05, 0.1) is 16.1 Å². The summed E-state index contributed by atoms with van der Waals surface area (Å²) in [5, 5.41) is 18.3. The average molecular weight is 439 g/mol. The highest BCUT2D eigenvalue weighted by Crippen LogP contribution is 2.38. The first-order chi connectivity index (χ1) is 14.6. The summed E-state index contributed by atoms with van der Waals surface area (Å²) in [5.41, 5.74) is 1.94. The molecule has 4 aromatic rings. The van der Waals surface area contributed by atoms with Crippen molar-refractivity contribution in [2.24, 2.45) is 13.0 Å². The van der Waals surface area contributed by atoms with Crippen molar-refractivity contribution in [3.8, 4) is 10.7 Å². The summed E-state index contributed by atoms with van der Waals surface area (Å²) >= 11 is 3.27. The molecule has 0 N–H and O–H groups in total. The number of hydrogen-bond acceptors (Lipinski definition) is 7. The zero-order valence-corrected chi connectivity index (χ0v) is 18.5. The molecule has 1 aliphatic rings. The van der Waals surface area contributed by atoms with E-state index in [0.29, 0.717) is 16.8 Å². The Kier molecular flexibility index (Phi) is 5.16. The molecule has 0 amide bonds. The molecule has 0 fully saturated rings. The van der Waals surface area contributed by atoms with E-state index >= 15 is 0 Å². The molecule has 0 saturated carbocycles. The lowest BCUT2D eigenvalue weighted by Crippen LogP contribution is -2.23. The molecule has 0 bridgehead atoms. The van der Waals surface area contributed by atoms with Gasteiger partial charge in [-0.2, -0.15) is 4.68 Å². The van der Waals surface area contributed by atoms with Crippen molar-refractivity contribution in [3.05, 3.63) is 51.1 Å². The van der Waals surface area contributed by atoms with Gasteiger partial charge >= 0.3 is 0 Å². The molecule has 3 heterocycles. The second-order valence-corrected chi connectivity index (χ2v) is 9.67. The summed E-state index contributed by atoms with van der Waals surface area (Å²) in [6.07, 6.45) is 4.87. The van der Waals surface area contributed by atoms with Crippen LogP contribution >= 0.6 is 23.1 Å². The Morgan fingerprint density at radius 1 is 1.23 bits per heavy atom. The predicted molar refractivity (Wildman–Crippen MR) is 120 cm³/mol. The molecule has 3 aromatic heterocycles. The van der Waals surface area contributed by atoms with Crippen molar-refractivity contribution >= 4 is 34.0 Å². The maximum Gasteiger partial charge on any atom is 0.278 e. The van der Waals surface area contributed by atoms with Gasteiger partial charge in [-0.1, -0.05) is 42.5 Å². The lowest BCUT2D eigenvalue weighted by molar-refractivity contribution is 0.449. The first-order valence-corrected chi connectivity index (χ1v) is 11.9. The summed E-state index contributed by atoms with van der Waals surface area (Å²) in [6, 6.07) is 9.54. The van der Waals surface area contributed by atoms with Gasteiger partial charge in [0.1, 0.15) is 5.52 Å². The van der Waals surface area contributed by atoms with Gasteiger partial charge in [-0.15, -0.1) is 26.6 Å². The van der Waals surface area contributed by atoms with Gasteiger partial charge in [-0.25, -0.2) is 0 Å². The number of thiophene rings is 1. The molecule has 0 unspecified atom stereocenters. The number of fused-ring (bicyclic) bond motifs is 2. The topological polar surface area (TPSA) is 78.5 Å². The first-order valence-electron chi connectivity index (χ1n) is 10.1. The third-order valence-corrected chi connectivity index (χ3v) is 7.98. The molecule has 1 atom stereocenters. The third-order valence-electron chi connectivity index (χ3n) is 5.76. The van der Waals surface area contributed by atoms with Crippen LogP contribution in [0.25, 0.3) is 21.6 Å². The second-order valence-electron chi connectivity index (χ2n) is 7.63. The fourth-order valence-electron chi connectivity index (χ4n) is 3.94. The number of benzene rings is 1. The van der Waals surface area contributed by atoms with Gasteiger partial charge in [0.15, 0.2) is 11.0 Å². The average Bonchev–Trinajstić information content (AvgIpc) is 3.35. The lowest BCUT2D eigenvalue weighted by atomic mass is 9.87. The number of rotatable bonds is 5. The van der Waals surface area contributed by atoms with E-state index < -0.39 is 0 Å². The second kappa shape index (κ2) is 7.96. The van der Waals surface area contributed by atoms with E-state index in [9.17, 15) is 4.79 Å². The van der Waals surface area contributed by atoms with Gasteiger partial charge < -0.3 is 4.57 Å². The summed E-state index contributed by atoms with van der Waals surface area (Å²) in [4.78, 5) is 15.3. The van der Waals surface area contributed by atoms with Crippen LogP contribution in [0.15, 0.2) is 40.3 Å². The van der Waals surface area contributed by atoms with Gasteiger partial charge in [0, 0.05) is 11.9 Å². The zero-order chi connectivity index (χ0) is 20.7. The third kappa shape index (κ3) is 3.45. The number of aromatic nitrogens is 6. The zero-order valence-electron chi connectivity index (χ0n) is 16.9. The predicted octanol–water partition coefficient (Wildman–Crippen LogP) is 3.91. The van der Waals surface area contributed by atoms with Gasteiger partial charge in [-0.05, 0) is 48.9 Å². The molecular weight excluding hydrogens is 416 g/mol. The Hall–Kier alpha value is -2.52. The normalized spacial score (nSPS) is 16.1. The quantitative estimate of drug-likeness (QED) is 0.440. The molecule has 1 aromatic carbocycles. The first kappa shape index (κ1) is 19.4. The van der Waals surface area contributed by atoms with Crippen molar-refractivity contribution < 1.29 is 0 Å². The summed E-state index contributed by atoms with van der Waals surface area (Å²) in [6.45, 7) is 2.28. The molecule has 0 aliphatic heterocycles. The molecule has 7 nitrogen and oxygen atoms in total. The SMILES string of the molecule is CC[C@@H]1CCc2sc(-c3nnc(SCn4nnc5ccccc5c4=O)n3C)cc2C1. The van der Waals surface area contributed by atoms with Crippen LogP contribution in [0.3, 0.4) is 0 Å². The van der Waals surface area contributed by atoms with Crippen LogP contribution < -0.4 is 5.56 Å². The van der Waals surface area contributed by atoms with E-state index in [1.54, 1.807) is 12.1 Å². The maximum absolute atomic E-state index is 12.6. The van der Waals surface area contributed by atoms with E-state index in [2.05, 4.69) is 33.5 Å². The van der Waals surface area contributed by atoms with Gasteiger partial charge in [-0.3, -0.25) is 4.79 Å².